The lowest BCUT2D eigenvalue weighted by Gasteiger charge is -2.17. The van der Waals surface area contributed by atoms with E-state index in [1.807, 2.05) is 25.1 Å². The molecule has 0 aliphatic heterocycles. The van der Waals surface area contributed by atoms with Gasteiger partial charge in [-0.05, 0) is 36.8 Å². The molecule has 3 nitrogen and oxygen atoms in total. The molecule has 0 heterocycles. The highest BCUT2D eigenvalue weighted by molar-refractivity contribution is 6.35. The van der Waals surface area contributed by atoms with Gasteiger partial charge in [-0.15, -0.1) is 12.4 Å². The Kier molecular flexibility index (Phi) is 9.95. The highest BCUT2D eigenvalue weighted by atomic mass is 35.5. The van der Waals surface area contributed by atoms with E-state index >= 15 is 0 Å². The second kappa shape index (κ2) is 11.1. The SMILES string of the molecule is CCC(CO)NCc1cc(Cl)ccc1OCc1ccc(Cl)cc1Cl.Cl. The maximum atomic E-state index is 9.29. The van der Waals surface area contributed by atoms with Crippen molar-refractivity contribution in [2.75, 3.05) is 6.61 Å². The quantitative estimate of drug-likeness (QED) is 0.587. The minimum atomic E-state index is 0. The molecule has 0 saturated carbocycles. The van der Waals surface area contributed by atoms with Gasteiger partial charge in [0.15, 0.2) is 0 Å². The number of aliphatic hydroxyl groups excluding tert-OH is 1. The molecule has 7 heteroatoms. The van der Waals surface area contributed by atoms with Gasteiger partial charge in [0, 0.05) is 38.8 Å². The Morgan fingerprint density at radius 2 is 1.72 bits per heavy atom. The van der Waals surface area contributed by atoms with Gasteiger partial charge in [0.2, 0.25) is 0 Å². The van der Waals surface area contributed by atoms with E-state index in [0.29, 0.717) is 28.2 Å². The second-order valence-corrected chi connectivity index (χ2v) is 6.73. The number of hydrogen-bond donors (Lipinski definition) is 2. The van der Waals surface area contributed by atoms with Crippen LogP contribution >= 0.6 is 47.2 Å². The summed E-state index contributed by atoms with van der Waals surface area (Å²) in [6.45, 7) is 3.00. The Labute approximate surface area is 169 Å². The summed E-state index contributed by atoms with van der Waals surface area (Å²) in [5, 5.41) is 14.4. The number of hydrogen-bond acceptors (Lipinski definition) is 3. The van der Waals surface area contributed by atoms with Crippen LogP contribution in [0.4, 0.5) is 0 Å². The zero-order valence-electron chi connectivity index (χ0n) is 13.8. The number of benzene rings is 2. The second-order valence-electron chi connectivity index (χ2n) is 5.45. The molecule has 2 aromatic carbocycles. The van der Waals surface area contributed by atoms with Crippen molar-refractivity contribution in [1.29, 1.82) is 0 Å². The van der Waals surface area contributed by atoms with Crippen LogP contribution in [0.25, 0.3) is 0 Å². The third kappa shape index (κ3) is 6.86. The number of aliphatic hydroxyl groups is 1. The fourth-order valence-electron chi connectivity index (χ4n) is 2.21. The van der Waals surface area contributed by atoms with Crippen molar-refractivity contribution < 1.29 is 9.84 Å². The van der Waals surface area contributed by atoms with E-state index in [2.05, 4.69) is 5.32 Å². The molecule has 0 aliphatic rings. The number of nitrogens with one attached hydrogen (secondary N) is 1. The van der Waals surface area contributed by atoms with Gasteiger partial charge < -0.3 is 15.2 Å². The molecular formula is C18H21Cl4NO2. The molecule has 0 aromatic heterocycles. The molecule has 0 radical (unpaired) electrons. The normalized spacial score (nSPS) is 11.7. The highest BCUT2D eigenvalue weighted by Gasteiger charge is 2.10. The summed E-state index contributed by atoms with van der Waals surface area (Å²) in [5.74, 6) is 0.728. The summed E-state index contributed by atoms with van der Waals surface area (Å²) in [4.78, 5) is 0. The molecule has 2 N–H and O–H groups in total. The number of ether oxygens (including phenoxy) is 1. The summed E-state index contributed by atoms with van der Waals surface area (Å²) in [6, 6.07) is 10.8. The Hall–Kier alpha value is -0.680. The van der Waals surface area contributed by atoms with E-state index in [0.717, 1.165) is 23.3 Å². The Balaban J connectivity index is 0.00000312. The van der Waals surface area contributed by atoms with Crippen LogP contribution in [-0.4, -0.2) is 17.8 Å². The topological polar surface area (TPSA) is 41.5 Å². The number of rotatable bonds is 8. The molecule has 0 spiro atoms. The van der Waals surface area contributed by atoms with E-state index in [4.69, 9.17) is 39.5 Å². The number of halogens is 4. The average Bonchev–Trinajstić information content (AvgIpc) is 2.56. The summed E-state index contributed by atoms with van der Waals surface area (Å²) < 4.78 is 5.91. The maximum Gasteiger partial charge on any atom is 0.124 e. The fraction of sp³-hybridized carbons (Fsp3) is 0.333. The highest BCUT2D eigenvalue weighted by Crippen LogP contribution is 2.26. The molecular weight excluding hydrogens is 404 g/mol. The van der Waals surface area contributed by atoms with E-state index in [-0.39, 0.29) is 25.1 Å². The van der Waals surface area contributed by atoms with Gasteiger partial charge in [0.25, 0.3) is 0 Å². The maximum absolute atomic E-state index is 9.29. The van der Waals surface area contributed by atoms with Gasteiger partial charge >= 0.3 is 0 Å². The van der Waals surface area contributed by atoms with E-state index < -0.39 is 0 Å². The summed E-state index contributed by atoms with van der Waals surface area (Å²) in [7, 11) is 0. The van der Waals surface area contributed by atoms with E-state index in [9.17, 15) is 5.11 Å². The first-order chi connectivity index (χ1) is 11.5. The first-order valence-corrected chi connectivity index (χ1v) is 8.86. The van der Waals surface area contributed by atoms with Crippen LogP contribution in [0.2, 0.25) is 15.1 Å². The van der Waals surface area contributed by atoms with E-state index in [1.54, 1.807) is 18.2 Å². The van der Waals surface area contributed by atoms with Crippen molar-refractivity contribution in [1.82, 2.24) is 5.32 Å². The Bertz CT molecular complexity index is 678. The van der Waals surface area contributed by atoms with Crippen LogP contribution in [0.1, 0.15) is 24.5 Å². The van der Waals surface area contributed by atoms with Gasteiger partial charge in [-0.3, -0.25) is 0 Å². The van der Waals surface area contributed by atoms with Gasteiger partial charge in [0.05, 0.1) is 6.61 Å². The molecule has 1 unspecified atom stereocenters. The molecule has 25 heavy (non-hydrogen) atoms. The molecule has 0 aliphatic carbocycles. The van der Waals surface area contributed by atoms with Crippen molar-refractivity contribution >= 4 is 47.2 Å². The minimum Gasteiger partial charge on any atom is -0.489 e. The minimum absolute atomic E-state index is 0. The molecule has 0 amide bonds. The Morgan fingerprint density at radius 1 is 1.04 bits per heavy atom. The average molecular weight is 425 g/mol. The third-order valence-corrected chi connectivity index (χ3v) is 4.54. The van der Waals surface area contributed by atoms with Gasteiger partial charge in [-0.25, -0.2) is 0 Å². The fourth-order valence-corrected chi connectivity index (χ4v) is 2.87. The predicted octanol–water partition coefficient (Wildman–Crippen LogP) is 5.51. The molecule has 2 rings (SSSR count). The third-order valence-electron chi connectivity index (χ3n) is 3.72. The van der Waals surface area contributed by atoms with Crippen LogP contribution in [0.5, 0.6) is 5.75 Å². The first-order valence-electron chi connectivity index (χ1n) is 7.72. The lowest BCUT2D eigenvalue weighted by Crippen LogP contribution is -2.31. The van der Waals surface area contributed by atoms with Crippen LogP contribution < -0.4 is 10.1 Å². The van der Waals surface area contributed by atoms with Crippen LogP contribution in [0.3, 0.4) is 0 Å². The molecule has 2 aromatic rings. The van der Waals surface area contributed by atoms with E-state index in [1.165, 1.54) is 0 Å². The molecule has 0 saturated heterocycles. The van der Waals surface area contributed by atoms with Crippen molar-refractivity contribution in [3.8, 4) is 5.75 Å². The van der Waals surface area contributed by atoms with Crippen molar-refractivity contribution in [2.45, 2.75) is 32.5 Å². The van der Waals surface area contributed by atoms with Crippen LogP contribution in [0.15, 0.2) is 36.4 Å². The summed E-state index contributed by atoms with van der Waals surface area (Å²) >= 11 is 18.2. The van der Waals surface area contributed by atoms with Crippen LogP contribution in [-0.2, 0) is 13.2 Å². The standard InChI is InChI=1S/C18H20Cl3NO2.ClH/c1-2-16(10-23)22-9-13-7-14(19)5-6-18(13)24-11-12-3-4-15(20)8-17(12)21;/h3-8,16,22-23H,2,9-11H2,1H3;1H. The van der Waals surface area contributed by atoms with Gasteiger partial charge in [-0.2, -0.15) is 0 Å². The lowest BCUT2D eigenvalue weighted by atomic mass is 10.1. The predicted molar refractivity (Wildman–Crippen MR) is 107 cm³/mol. The summed E-state index contributed by atoms with van der Waals surface area (Å²) in [6.07, 6.45) is 0.841. The van der Waals surface area contributed by atoms with Gasteiger partial charge in [-0.1, -0.05) is 47.8 Å². The largest absolute Gasteiger partial charge is 0.489 e. The van der Waals surface area contributed by atoms with Crippen molar-refractivity contribution in [2.24, 2.45) is 0 Å². The van der Waals surface area contributed by atoms with Crippen molar-refractivity contribution in [3.63, 3.8) is 0 Å². The first kappa shape index (κ1) is 22.4. The Morgan fingerprint density at radius 3 is 2.36 bits per heavy atom. The molecule has 0 fully saturated rings. The zero-order chi connectivity index (χ0) is 17.5. The monoisotopic (exact) mass is 423 g/mol. The molecule has 1 atom stereocenters. The van der Waals surface area contributed by atoms with Gasteiger partial charge in [0.1, 0.15) is 12.4 Å². The van der Waals surface area contributed by atoms with Crippen molar-refractivity contribution in [3.05, 3.63) is 62.6 Å². The summed E-state index contributed by atoms with van der Waals surface area (Å²) in [5.41, 5.74) is 1.79. The molecule has 0 bridgehead atoms. The molecule has 138 valence electrons. The smallest absolute Gasteiger partial charge is 0.124 e. The zero-order valence-corrected chi connectivity index (χ0v) is 16.9. The lowest BCUT2D eigenvalue weighted by molar-refractivity contribution is 0.237. The van der Waals surface area contributed by atoms with Crippen LogP contribution in [0, 0.1) is 0 Å².